The zero-order valence-corrected chi connectivity index (χ0v) is 10.8. The van der Waals surface area contributed by atoms with Crippen LogP contribution < -0.4 is 5.73 Å². The van der Waals surface area contributed by atoms with Crippen molar-refractivity contribution in [3.8, 4) is 0 Å². The van der Waals surface area contributed by atoms with Gasteiger partial charge in [-0.25, -0.2) is 0 Å². The second kappa shape index (κ2) is 5.69. The molecule has 17 heavy (non-hydrogen) atoms. The van der Waals surface area contributed by atoms with Crippen molar-refractivity contribution in [3.05, 3.63) is 23.7 Å². The van der Waals surface area contributed by atoms with Gasteiger partial charge in [0.25, 0.3) is 0 Å². The highest BCUT2D eigenvalue weighted by molar-refractivity contribution is 5.10. The third-order valence-corrected chi connectivity index (χ3v) is 3.58. The third-order valence-electron chi connectivity index (χ3n) is 3.58. The summed E-state index contributed by atoms with van der Waals surface area (Å²) in [5, 5.41) is 0. The molecule has 0 aliphatic heterocycles. The number of rotatable bonds is 6. The zero-order valence-electron chi connectivity index (χ0n) is 10.8. The van der Waals surface area contributed by atoms with Gasteiger partial charge in [-0.3, -0.25) is 0 Å². The van der Waals surface area contributed by atoms with Gasteiger partial charge in [-0.15, -0.1) is 0 Å². The van der Waals surface area contributed by atoms with Crippen LogP contribution in [0.25, 0.3) is 0 Å². The lowest BCUT2D eigenvalue weighted by atomic mass is 9.78. The fourth-order valence-corrected chi connectivity index (χ4v) is 2.50. The Morgan fingerprint density at radius 2 is 2.18 bits per heavy atom. The molecule has 0 saturated heterocycles. The second-order valence-corrected chi connectivity index (χ2v) is 4.91. The Morgan fingerprint density at radius 1 is 1.41 bits per heavy atom. The van der Waals surface area contributed by atoms with Gasteiger partial charge < -0.3 is 14.9 Å². The SMILES string of the molecule is CCOC1CC(CC(N)c2ccc(CC)o2)C1. The minimum absolute atomic E-state index is 0.0443. The molecule has 0 spiro atoms. The van der Waals surface area contributed by atoms with Crippen molar-refractivity contribution < 1.29 is 9.15 Å². The van der Waals surface area contributed by atoms with Gasteiger partial charge in [0.15, 0.2) is 0 Å². The van der Waals surface area contributed by atoms with Crippen molar-refractivity contribution in [1.29, 1.82) is 0 Å². The van der Waals surface area contributed by atoms with Crippen LogP contribution in [0.2, 0.25) is 0 Å². The van der Waals surface area contributed by atoms with E-state index in [2.05, 4.69) is 6.92 Å². The Kier molecular flexibility index (Phi) is 4.24. The molecule has 1 atom stereocenters. The molecule has 0 radical (unpaired) electrons. The summed E-state index contributed by atoms with van der Waals surface area (Å²) in [5.74, 6) is 2.66. The van der Waals surface area contributed by atoms with E-state index in [4.69, 9.17) is 14.9 Å². The molecule has 3 heteroatoms. The average molecular weight is 237 g/mol. The highest BCUT2D eigenvalue weighted by Gasteiger charge is 2.31. The van der Waals surface area contributed by atoms with E-state index in [1.807, 2.05) is 19.1 Å². The molecule has 2 N–H and O–H groups in total. The van der Waals surface area contributed by atoms with Gasteiger partial charge in [0, 0.05) is 13.0 Å². The molecule has 1 saturated carbocycles. The van der Waals surface area contributed by atoms with Gasteiger partial charge in [-0.2, -0.15) is 0 Å². The molecule has 1 unspecified atom stereocenters. The molecular weight excluding hydrogens is 214 g/mol. The highest BCUT2D eigenvalue weighted by atomic mass is 16.5. The lowest BCUT2D eigenvalue weighted by Gasteiger charge is -2.36. The van der Waals surface area contributed by atoms with Crippen LogP contribution in [0, 0.1) is 5.92 Å². The van der Waals surface area contributed by atoms with Crippen molar-refractivity contribution in [2.75, 3.05) is 6.61 Å². The predicted molar refractivity (Wildman–Crippen MR) is 67.8 cm³/mol. The smallest absolute Gasteiger partial charge is 0.120 e. The molecule has 1 aromatic heterocycles. The third kappa shape index (κ3) is 3.11. The minimum Gasteiger partial charge on any atom is -0.464 e. The number of furan rings is 1. The first kappa shape index (κ1) is 12.7. The van der Waals surface area contributed by atoms with E-state index in [-0.39, 0.29) is 6.04 Å². The zero-order chi connectivity index (χ0) is 12.3. The Balaban J connectivity index is 1.76. The maximum atomic E-state index is 6.16. The number of nitrogens with two attached hydrogens (primary N) is 1. The summed E-state index contributed by atoms with van der Waals surface area (Å²) in [4.78, 5) is 0. The van der Waals surface area contributed by atoms with E-state index in [0.29, 0.717) is 12.0 Å². The molecule has 1 aromatic rings. The van der Waals surface area contributed by atoms with Gasteiger partial charge in [-0.05, 0) is 44.2 Å². The van der Waals surface area contributed by atoms with Crippen molar-refractivity contribution in [3.63, 3.8) is 0 Å². The molecule has 96 valence electrons. The lowest BCUT2D eigenvalue weighted by Crippen LogP contribution is -2.33. The highest BCUT2D eigenvalue weighted by Crippen LogP contribution is 2.36. The van der Waals surface area contributed by atoms with Gasteiger partial charge in [-0.1, -0.05) is 6.92 Å². The summed E-state index contributed by atoms with van der Waals surface area (Å²) in [6.45, 7) is 4.96. The van der Waals surface area contributed by atoms with Crippen LogP contribution in [-0.2, 0) is 11.2 Å². The van der Waals surface area contributed by atoms with Crippen molar-refractivity contribution in [1.82, 2.24) is 0 Å². The van der Waals surface area contributed by atoms with Gasteiger partial charge in [0.05, 0.1) is 12.1 Å². The van der Waals surface area contributed by atoms with Crippen molar-refractivity contribution >= 4 is 0 Å². The maximum absolute atomic E-state index is 6.16. The first-order chi connectivity index (χ1) is 8.22. The van der Waals surface area contributed by atoms with E-state index in [0.717, 1.165) is 43.8 Å². The molecule has 0 bridgehead atoms. The minimum atomic E-state index is 0.0443. The molecule has 0 amide bonds. The lowest BCUT2D eigenvalue weighted by molar-refractivity contribution is -0.0286. The Bertz CT molecular complexity index is 342. The van der Waals surface area contributed by atoms with E-state index in [1.54, 1.807) is 0 Å². The summed E-state index contributed by atoms with van der Waals surface area (Å²) >= 11 is 0. The Hall–Kier alpha value is -0.800. The number of aryl methyl sites for hydroxylation is 1. The Morgan fingerprint density at radius 3 is 2.76 bits per heavy atom. The summed E-state index contributed by atoms with van der Waals surface area (Å²) in [5.41, 5.74) is 6.16. The summed E-state index contributed by atoms with van der Waals surface area (Å²) in [6, 6.07) is 4.09. The van der Waals surface area contributed by atoms with E-state index in [9.17, 15) is 0 Å². The van der Waals surface area contributed by atoms with Crippen LogP contribution in [0.15, 0.2) is 16.5 Å². The van der Waals surface area contributed by atoms with E-state index >= 15 is 0 Å². The fraction of sp³-hybridized carbons (Fsp3) is 0.714. The van der Waals surface area contributed by atoms with Crippen LogP contribution in [0.1, 0.15) is 50.7 Å². The summed E-state index contributed by atoms with van der Waals surface area (Å²) in [6.07, 6.45) is 4.73. The molecule has 1 aliphatic carbocycles. The number of hydrogen-bond acceptors (Lipinski definition) is 3. The first-order valence-electron chi connectivity index (χ1n) is 6.68. The number of hydrogen-bond donors (Lipinski definition) is 1. The van der Waals surface area contributed by atoms with Crippen LogP contribution >= 0.6 is 0 Å². The average Bonchev–Trinajstić information content (AvgIpc) is 2.74. The molecule has 1 aliphatic rings. The van der Waals surface area contributed by atoms with Crippen molar-refractivity contribution in [2.24, 2.45) is 11.7 Å². The standard InChI is InChI=1S/C14H23NO2/c1-3-11-5-6-14(17-11)13(15)9-10-7-12(8-10)16-4-2/h5-6,10,12-13H,3-4,7-9,15H2,1-2H3. The summed E-state index contributed by atoms with van der Waals surface area (Å²) in [7, 11) is 0. The van der Waals surface area contributed by atoms with Gasteiger partial charge >= 0.3 is 0 Å². The predicted octanol–water partition coefficient (Wildman–Crippen LogP) is 3.05. The van der Waals surface area contributed by atoms with Crippen LogP contribution in [-0.4, -0.2) is 12.7 Å². The van der Waals surface area contributed by atoms with Gasteiger partial charge in [0.2, 0.25) is 0 Å². The van der Waals surface area contributed by atoms with Crippen molar-refractivity contribution in [2.45, 2.75) is 51.7 Å². The second-order valence-electron chi connectivity index (χ2n) is 4.91. The molecule has 2 rings (SSSR count). The van der Waals surface area contributed by atoms with E-state index in [1.165, 1.54) is 0 Å². The van der Waals surface area contributed by atoms with Crippen LogP contribution in [0.4, 0.5) is 0 Å². The molecule has 0 aromatic carbocycles. The topological polar surface area (TPSA) is 48.4 Å². The van der Waals surface area contributed by atoms with Gasteiger partial charge in [0.1, 0.15) is 11.5 Å². The first-order valence-corrected chi connectivity index (χ1v) is 6.68. The molecule has 1 heterocycles. The number of ether oxygens (including phenoxy) is 1. The normalized spacial score (nSPS) is 25.6. The van der Waals surface area contributed by atoms with Crippen LogP contribution in [0.3, 0.4) is 0 Å². The molecular formula is C14H23NO2. The maximum Gasteiger partial charge on any atom is 0.120 e. The Labute approximate surface area is 103 Å². The van der Waals surface area contributed by atoms with Crippen LogP contribution in [0.5, 0.6) is 0 Å². The summed E-state index contributed by atoms with van der Waals surface area (Å²) < 4.78 is 11.2. The van der Waals surface area contributed by atoms with E-state index < -0.39 is 0 Å². The quantitative estimate of drug-likeness (QED) is 0.827. The monoisotopic (exact) mass is 237 g/mol. The molecule has 1 fully saturated rings. The largest absolute Gasteiger partial charge is 0.464 e. The molecule has 3 nitrogen and oxygen atoms in total. The fourth-order valence-electron chi connectivity index (χ4n) is 2.50.